The first-order valence-corrected chi connectivity index (χ1v) is 8.23. The van der Waals surface area contributed by atoms with Gasteiger partial charge < -0.3 is 0 Å². The van der Waals surface area contributed by atoms with Crippen LogP contribution in [0.15, 0.2) is 66.9 Å². The van der Waals surface area contributed by atoms with Gasteiger partial charge in [0.05, 0.1) is 5.52 Å². The van der Waals surface area contributed by atoms with Crippen LogP contribution >= 0.6 is 0 Å². The van der Waals surface area contributed by atoms with Crippen LogP contribution in [0.5, 0.6) is 0 Å². The van der Waals surface area contributed by atoms with Gasteiger partial charge in [0, 0.05) is 11.6 Å². The van der Waals surface area contributed by atoms with Crippen molar-refractivity contribution in [1.29, 1.82) is 0 Å². The van der Waals surface area contributed by atoms with Crippen molar-refractivity contribution in [2.75, 3.05) is 0 Å². The Bertz CT molecular complexity index is 1080. The zero-order chi connectivity index (χ0) is 17.1. The van der Waals surface area contributed by atoms with Gasteiger partial charge in [-0.15, -0.1) is 0 Å². The lowest BCUT2D eigenvalue weighted by Crippen LogP contribution is -1.89. The number of H-pyrrole nitrogens is 1. The van der Waals surface area contributed by atoms with Gasteiger partial charge in [-0.1, -0.05) is 42.0 Å². The summed E-state index contributed by atoms with van der Waals surface area (Å²) in [6, 6.07) is 20.7. The molecule has 0 aliphatic heterocycles. The maximum atomic E-state index is 4.35. The number of hydrogen-bond acceptors (Lipinski definition) is 2. The van der Waals surface area contributed by atoms with Crippen molar-refractivity contribution in [3.63, 3.8) is 0 Å². The van der Waals surface area contributed by atoms with Crippen LogP contribution in [-0.2, 0) is 6.42 Å². The lowest BCUT2D eigenvalue weighted by molar-refractivity contribution is 1.10. The van der Waals surface area contributed by atoms with Crippen molar-refractivity contribution in [3.05, 3.63) is 94.9 Å². The third-order valence-corrected chi connectivity index (χ3v) is 4.09. The van der Waals surface area contributed by atoms with Crippen molar-refractivity contribution < 1.29 is 0 Å². The average Bonchev–Trinajstić information content (AvgIpc) is 3.03. The van der Waals surface area contributed by atoms with Gasteiger partial charge in [0.15, 0.2) is 0 Å². The summed E-state index contributed by atoms with van der Waals surface area (Å²) in [5.41, 5.74) is 6.34. The third kappa shape index (κ3) is 3.44. The Kier molecular flexibility index (Phi) is 4.02. The molecule has 0 bridgehead atoms. The first-order valence-electron chi connectivity index (χ1n) is 8.23. The highest BCUT2D eigenvalue weighted by molar-refractivity contribution is 5.84. The maximum absolute atomic E-state index is 4.35. The summed E-state index contributed by atoms with van der Waals surface area (Å²) >= 11 is 0. The van der Waals surface area contributed by atoms with Gasteiger partial charge in [0.1, 0.15) is 11.4 Å². The van der Waals surface area contributed by atoms with Crippen LogP contribution in [0, 0.1) is 18.8 Å². The van der Waals surface area contributed by atoms with Crippen molar-refractivity contribution in [1.82, 2.24) is 15.2 Å². The Morgan fingerprint density at radius 1 is 0.920 bits per heavy atom. The van der Waals surface area contributed by atoms with Gasteiger partial charge in [-0.05, 0) is 60.6 Å². The molecule has 3 nitrogen and oxygen atoms in total. The second-order valence-electron chi connectivity index (χ2n) is 6.08. The molecule has 2 heterocycles. The molecule has 25 heavy (non-hydrogen) atoms. The van der Waals surface area contributed by atoms with E-state index < -0.39 is 0 Å². The standard InChI is InChI=1S/C22H17N3/c1-16-5-4-6-17(13-16)14-18-8-10-21-20(15-18)22(25-24-21)11-9-19-7-2-3-12-23-19/h2-8,10,12-13,15H,14H2,1H3,(H,24,25). The molecule has 0 atom stereocenters. The molecule has 0 saturated carbocycles. The molecule has 0 fully saturated rings. The topological polar surface area (TPSA) is 41.6 Å². The van der Waals surface area contributed by atoms with Crippen molar-refractivity contribution in [2.24, 2.45) is 0 Å². The van der Waals surface area contributed by atoms with Gasteiger partial charge in [0.2, 0.25) is 0 Å². The minimum absolute atomic E-state index is 0.745. The Labute approximate surface area is 146 Å². The Balaban J connectivity index is 1.67. The van der Waals surface area contributed by atoms with Crippen LogP contribution in [-0.4, -0.2) is 15.2 Å². The molecule has 0 radical (unpaired) electrons. The van der Waals surface area contributed by atoms with E-state index in [0.717, 1.165) is 28.7 Å². The number of aromatic nitrogens is 3. The molecule has 0 unspecified atom stereocenters. The highest BCUT2D eigenvalue weighted by Crippen LogP contribution is 2.19. The second kappa shape index (κ2) is 6.62. The van der Waals surface area contributed by atoms with Crippen molar-refractivity contribution >= 4 is 10.9 Å². The van der Waals surface area contributed by atoms with Crippen LogP contribution in [0.25, 0.3) is 10.9 Å². The molecule has 1 N–H and O–H groups in total. The summed E-state index contributed by atoms with van der Waals surface area (Å²) in [6.45, 7) is 2.12. The monoisotopic (exact) mass is 323 g/mol. The Morgan fingerprint density at radius 2 is 1.84 bits per heavy atom. The van der Waals surface area contributed by atoms with Crippen LogP contribution in [0.1, 0.15) is 28.1 Å². The molecular formula is C22H17N3. The van der Waals surface area contributed by atoms with Crippen LogP contribution in [0.4, 0.5) is 0 Å². The summed E-state index contributed by atoms with van der Waals surface area (Å²) in [5.74, 6) is 6.20. The van der Waals surface area contributed by atoms with Crippen molar-refractivity contribution in [3.8, 4) is 11.8 Å². The predicted molar refractivity (Wildman–Crippen MR) is 100 cm³/mol. The number of rotatable bonds is 2. The molecule has 2 aromatic carbocycles. The van der Waals surface area contributed by atoms with E-state index in [9.17, 15) is 0 Å². The van der Waals surface area contributed by atoms with E-state index in [1.54, 1.807) is 6.20 Å². The zero-order valence-electron chi connectivity index (χ0n) is 14.0. The molecule has 120 valence electrons. The summed E-state index contributed by atoms with van der Waals surface area (Å²) in [4.78, 5) is 4.23. The lowest BCUT2D eigenvalue weighted by Gasteiger charge is -2.03. The molecule has 3 heteroatoms. The maximum Gasteiger partial charge on any atom is 0.143 e. The summed E-state index contributed by atoms with van der Waals surface area (Å²) in [7, 11) is 0. The fraction of sp³-hybridized carbons (Fsp3) is 0.0909. The van der Waals surface area contributed by atoms with E-state index in [1.165, 1.54) is 16.7 Å². The number of benzene rings is 2. The fourth-order valence-corrected chi connectivity index (χ4v) is 2.88. The van der Waals surface area contributed by atoms with E-state index >= 15 is 0 Å². The van der Waals surface area contributed by atoms with E-state index in [0.29, 0.717) is 0 Å². The second-order valence-corrected chi connectivity index (χ2v) is 6.08. The molecule has 4 rings (SSSR count). The van der Waals surface area contributed by atoms with Crippen LogP contribution in [0.2, 0.25) is 0 Å². The Morgan fingerprint density at radius 3 is 2.68 bits per heavy atom. The number of hydrogen-bond donors (Lipinski definition) is 1. The molecule has 0 amide bonds. The molecule has 0 spiro atoms. The first kappa shape index (κ1) is 15.2. The molecule has 4 aromatic rings. The van der Waals surface area contributed by atoms with Gasteiger partial charge in [-0.25, -0.2) is 4.98 Å². The van der Waals surface area contributed by atoms with E-state index in [2.05, 4.69) is 76.4 Å². The largest absolute Gasteiger partial charge is 0.277 e. The minimum atomic E-state index is 0.745. The van der Waals surface area contributed by atoms with Gasteiger partial charge in [-0.3, -0.25) is 5.10 Å². The molecular weight excluding hydrogens is 306 g/mol. The van der Waals surface area contributed by atoms with Crippen molar-refractivity contribution in [2.45, 2.75) is 13.3 Å². The summed E-state index contributed by atoms with van der Waals surface area (Å²) in [5, 5.41) is 8.45. The first-order chi connectivity index (χ1) is 12.3. The summed E-state index contributed by atoms with van der Waals surface area (Å²) < 4.78 is 0. The SMILES string of the molecule is Cc1cccc(Cc2ccc3[nH]nc(C#Cc4ccccn4)c3c2)c1. The molecule has 0 aliphatic rings. The number of nitrogens with zero attached hydrogens (tertiary/aromatic N) is 2. The molecule has 0 aliphatic carbocycles. The van der Waals surface area contributed by atoms with Gasteiger partial charge in [-0.2, -0.15) is 5.10 Å². The zero-order valence-corrected chi connectivity index (χ0v) is 14.0. The van der Waals surface area contributed by atoms with E-state index in [4.69, 9.17) is 0 Å². The van der Waals surface area contributed by atoms with Gasteiger partial charge in [0.25, 0.3) is 0 Å². The average molecular weight is 323 g/mol. The highest BCUT2D eigenvalue weighted by Gasteiger charge is 2.05. The number of aryl methyl sites for hydroxylation is 1. The number of pyridine rings is 1. The van der Waals surface area contributed by atoms with E-state index in [-0.39, 0.29) is 0 Å². The number of aromatic amines is 1. The predicted octanol–water partition coefficient (Wildman–Crippen LogP) is 4.26. The van der Waals surface area contributed by atoms with Crippen LogP contribution < -0.4 is 0 Å². The van der Waals surface area contributed by atoms with E-state index in [1.807, 2.05) is 18.2 Å². The normalized spacial score (nSPS) is 10.4. The number of nitrogens with one attached hydrogen (secondary N) is 1. The lowest BCUT2D eigenvalue weighted by atomic mass is 10.0. The Hall–Kier alpha value is -3.38. The third-order valence-electron chi connectivity index (χ3n) is 4.09. The fourth-order valence-electron chi connectivity index (χ4n) is 2.88. The number of fused-ring (bicyclic) bond motifs is 1. The minimum Gasteiger partial charge on any atom is -0.277 e. The van der Waals surface area contributed by atoms with Crippen LogP contribution in [0.3, 0.4) is 0 Å². The molecule has 2 aromatic heterocycles. The summed E-state index contributed by atoms with van der Waals surface area (Å²) in [6.07, 6.45) is 2.64. The van der Waals surface area contributed by atoms with Gasteiger partial charge >= 0.3 is 0 Å². The highest BCUT2D eigenvalue weighted by atomic mass is 15.1. The molecule has 0 saturated heterocycles. The smallest absolute Gasteiger partial charge is 0.143 e. The quantitative estimate of drug-likeness (QED) is 0.560.